The lowest BCUT2D eigenvalue weighted by Gasteiger charge is -2.31. The first kappa shape index (κ1) is 10.3. The lowest BCUT2D eigenvalue weighted by atomic mass is 9.72. The van der Waals surface area contributed by atoms with Gasteiger partial charge in [0.15, 0.2) is 0 Å². The molecule has 1 aliphatic heterocycles. The van der Waals surface area contributed by atoms with Crippen molar-refractivity contribution in [3.8, 4) is 0 Å². The second-order valence-electron chi connectivity index (χ2n) is 5.61. The second-order valence-corrected chi connectivity index (χ2v) is 5.61. The summed E-state index contributed by atoms with van der Waals surface area (Å²) in [5.74, 6) is 0.760. The summed E-state index contributed by atoms with van der Waals surface area (Å²) in [6, 6.07) is 8.95. The van der Waals surface area contributed by atoms with E-state index in [4.69, 9.17) is 0 Å². The summed E-state index contributed by atoms with van der Waals surface area (Å²) in [6.07, 6.45) is 5.73. The molecule has 16 heavy (non-hydrogen) atoms. The minimum Gasteiger partial charge on any atom is -0.316 e. The van der Waals surface area contributed by atoms with E-state index in [2.05, 4.69) is 36.5 Å². The number of aryl methyl sites for hydroxylation is 1. The largest absolute Gasteiger partial charge is 0.316 e. The molecule has 1 aromatic carbocycles. The first-order valence-corrected chi connectivity index (χ1v) is 6.58. The van der Waals surface area contributed by atoms with Crippen LogP contribution in [0.2, 0.25) is 0 Å². The minimum atomic E-state index is 0.589. The fourth-order valence-electron chi connectivity index (χ4n) is 3.83. The van der Waals surface area contributed by atoms with E-state index < -0.39 is 0 Å². The maximum atomic E-state index is 3.63. The van der Waals surface area contributed by atoms with Crippen molar-refractivity contribution in [1.82, 2.24) is 5.32 Å². The highest BCUT2D eigenvalue weighted by Crippen LogP contribution is 2.51. The molecule has 1 heterocycles. The Morgan fingerprint density at radius 1 is 1.19 bits per heavy atom. The monoisotopic (exact) mass is 215 g/mol. The average Bonchev–Trinajstić information content (AvgIpc) is 2.91. The van der Waals surface area contributed by atoms with Crippen LogP contribution in [0.25, 0.3) is 0 Å². The van der Waals surface area contributed by atoms with Crippen LogP contribution < -0.4 is 5.32 Å². The van der Waals surface area contributed by atoms with Crippen LogP contribution in [0.1, 0.15) is 42.7 Å². The van der Waals surface area contributed by atoms with Gasteiger partial charge >= 0.3 is 0 Å². The Morgan fingerprint density at radius 3 is 2.69 bits per heavy atom. The molecule has 1 aliphatic carbocycles. The van der Waals surface area contributed by atoms with Gasteiger partial charge in [-0.15, -0.1) is 0 Å². The van der Waals surface area contributed by atoms with E-state index in [-0.39, 0.29) is 0 Å². The van der Waals surface area contributed by atoms with E-state index in [1.165, 1.54) is 44.3 Å². The van der Waals surface area contributed by atoms with Crippen molar-refractivity contribution >= 4 is 0 Å². The first-order valence-electron chi connectivity index (χ1n) is 6.58. The molecule has 0 bridgehead atoms. The molecule has 0 aromatic heterocycles. The second kappa shape index (κ2) is 3.89. The fraction of sp³-hybridized carbons (Fsp3) is 0.600. The lowest BCUT2D eigenvalue weighted by molar-refractivity contribution is 0.294. The highest BCUT2D eigenvalue weighted by molar-refractivity contribution is 5.33. The van der Waals surface area contributed by atoms with Crippen LogP contribution in [-0.4, -0.2) is 13.1 Å². The molecule has 1 atom stereocenters. The molecule has 1 aromatic rings. The summed E-state index contributed by atoms with van der Waals surface area (Å²) in [4.78, 5) is 0. The van der Waals surface area contributed by atoms with E-state index in [1.807, 2.05) is 0 Å². The molecule has 1 saturated heterocycles. The maximum Gasteiger partial charge on any atom is 0.00347 e. The molecular weight excluding hydrogens is 194 g/mol. The Balaban J connectivity index is 1.97. The van der Waals surface area contributed by atoms with Gasteiger partial charge < -0.3 is 5.32 Å². The zero-order valence-electron chi connectivity index (χ0n) is 10.1. The van der Waals surface area contributed by atoms with Crippen LogP contribution in [-0.2, 0) is 0 Å². The molecule has 0 amide bonds. The Labute approximate surface area is 98.3 Å². The lowest BCUT2D eigenvalue weighted by Crippen LogP contribution is -2.25. The van der Waals surface area contributed by atoms with E-state index in [0.717, 1.165) is 5.92 Å². The third-order valence-electron chi connectivity index (χ3n) is 4.73. The first-order chi connectivity index (χ1) is 7.82. The summed E-state index contributed by atoms with van der Waals surface area (Å²) in [6.45, 7) is 4.69. The van der Waals surface area contributed by atoms with Crippen molar-refractivity contribution in [3.05, 3.63) is 35.4 Å². The van der Waals surface area contributed by atoms with Crippen molar-refractivity contribution in [2.75, 3.05) is 13.1 Å². The molecule has 2 aliphatic rings. The van der Waals surface area contributed by atoms with Crippen LogP contribution in [0.15, 0.2) is 24.3 Å². The van der Waals surface area contributed by atoms with Gasteiger partial charge in [-0.05, 0) is 36.3 Å². The summed E-state index contributed by atoms with van der Waals surface area (Å²) in [7, 11) is 0. The third kappa shape index (κ3) is 1.49. The van der Waals surface area contributed by atoms with Crippen molar-refractivity contribution in [2.45, 2.75) is 38.5 Å². The molecule has 1 nitrogen and oxygen atoms in total. The van der Waals surface area contributed by atoms with Gasteiger partial charge in [-0.2, -0.15) is 0 Å². The summed E-state index contributed by atoms with van der Waals surface area (Å²) in [5, 5.41) is 3.63. The van der Waals surface area contributed by atoms with E-state index in [0.29, 0.717) is 5.41 Å². The van der Waals surface area contributed by atoms with Crippen LogP contribution in [0.4, 0.5) is 0 Å². The smallest absolute Gasteiger partial charge is 0.00347 e. The molecule has 86 valence electrons. The molecular formula is C15H21N. The van der Waals surface area contributed by atoms with Gasteiger partial charge in [0.25, 0.3) is 0 Å². The van der Waals surface area contributed by atoms with E-state index >= 15 is 0 Å². The predicted octanol–water partition coefficient (Wildman–Crippen LogP) is 3.24. The SMILES string of the molecule is Cc1ccccc1[C@@H]1CNCC12CCCC2. The number of rotatable bonds is 1. The third-order valence-corrected chi connectivity index (χ3v) is 4.73. The maximum absolute atomic E-state index is 3.63. The average molecular weight is 215 g/mol. The molecule has 2 fully saturated rings. The Morgan fingerprint density at radius 2 is 1.94 bits per heavy atom. The van der Waals surface area contributed by atoms with Crippen molar-refractivity contribution in [2.24, 2.45) is 5.41 Å². The Hall–Kier alpha value is -0.820. The minimum absolute atomic E-state index is 0.589. The van der Waals surface area contributed by atoms with Crippen molar-refractivity contribution in [3.63, 3.8) is 0 Å². The normalized spacial score (nSPS) is 27.7. The van der Waals surface area contributed by atoms with Gasteiger partial charge in [0, 0.05) is 19.0 Å². The van der Waals surface area contributed by atoms with Gasteiger partial charge in [-0.3, -0.25) is 0 Å². The quantitative estimate of drug-likeness (QED) is 0.758. The molecule has 1 heteroatoms. The molecule has 3 rings (SSSR count). The number of hydrogen-bond donors (Lipinski definition) is 1. The molecule has 1 spiro atoms. The van der Waals surface area contributed by atoms with Crippen molar-refractivity contribution < 1.29 is 0 Å². The molecule has 1 saturated carbocycles. The zero-order chi connectivity index (χ0) is 11.0. The van der Waals surface area contributed by atoms with Gasteiger partial charge in [0.2, 0.25) is 0 Å². The standard InChI is InChI=1S/C15H21N/c1-12-6-2-3-7-13(12)14-10-16-11-15(14)8-4-5-9-15/h2-3,6-7,14,16H,4-5,8-11H2,1H3/t14-/m0/s1. The molecule has 0 radical (unpaired) electrons. The highest BCUT2D eigenvalue weighted by Gasteiger charge is 2.45. The highest BCUT2D eigenvalue weighted by atomic mass is 14.9. The predicted molar refractivity (Wildman–Crippen MR) is 67.7 cm³/mol. The van der Waals surface area contributed by atoms with Crippen molar-refractivity contribution in [1.29, 1.82) is 0 Å². The summed E-state index contributed by atoms with van der Waals surface area (Å²) < 4.78 is 0. The van der Waals surface area contributed by atoms with Crippen LogP contribution in [0.3, 0.4) is 0 Å². The van der Waals surface area contributed by atoms with Gasteiger partial charge in [-0.1, -0.05) is 37.1 Å². The molecule has 1 N–H and O–H groups in total. The zero-order valence-corrected chi connectivity index (χ0v) is 10.1. The van der Waals surface area contributed by atoms with Crippen LogP contribution in [0.5, 0.6) is 0 Å². The number of nitrogens with one attached hydrogen (secondary N) is 1. The number of benzene rings is 1. The molecule has 0 unspecified atom stereocenters. The van der Waals surface area contributed by atoms with E-state index in [1.54, 1.807) is 5.56 Å². The summed E-state index contributed by atoms with van der Waals surface area (Å²) in [5.41, 5.74) is 3.66. The van der Waals surface area contributed by atoms with Crippen LogP contribution >= 0.6 is 0 Å². The van der Waals surface area contributed by atoms with E-state index in [9.17, 15) is 0 Å². The number of hydrogen-bond acceptors (Lipinski definition) is 1. The Kier molecular flexibility index (Phi) is 2.51. The topological polar surface area (TPSA) is 12.0 Å². The van der Waals surface area contributed by atoms with Gasteiger partial charge in [0.05, 0.1) is 0 Å². The summed E-state index contributed by atoms with van der Waals surface area (Å²) >= 11 is 0. The van der Waals surface area contributed by atoms with Gasteiger partial charge in [-0.25, -0.2) is 0 Å². The van der Waals surface area contributed by atoms with Gasteiger partial charge in [0.1, 0.15) is 0 Å². The van der Waals surface area contributed by atoms with Crippen LogP contribution in [0, 0.1) is 12.3 Å². The fourth-order valence-corrected chi connectivity index (χ4v) is 3.83. The Bertz CT molecular complexity index is 371.